The molecule has 0 bridgehead atoms. The number of nitrogens with one attached hydrogen (secondary N) is 1. The monoisotopic (exact) mass is 401 g/mol. The minimum absolute atomic E-state index is 0.0826. The number of hydrogen-bond donors (Lipinski definition) is 1. The quantitative estimate of drug-likeness (QED) is 0.725. The fourth-order valence-electron chi connectivity index (χ4n) is 4.44. The van der Waals surface area contributed by atoms with E-state index in [1.165, 1.54) is 11.3 Å². The van der Waals surface area contributed by atoms with E-state index < -0.39 is 0 Å². The molecule has 2 aliphatic heterocycles. The lowest BCUT2D eigenvalue weighted by molar-refractivity contribution is -0.121. The van der Waals surface area contributed by atoms with Gasteiger partial charge in [-0.15, -0.1) is 0 Å². The van der Waals surface area contributed by atoms with Crippen LogP contribution in [0.3, 0.4) is 0 Å². The van der Waals surface area contributed by atoms with E-state index in [0.29, 0.717) is 11.7 Å². The molecular formula is C24H27N5O. The predicted octanol–water partition coefficient (Wildman–Crippen LogP) is 3.51. The zero-order chi connectivity index (χ0) is 20.5. The van der Waals surface area contributed by atoms with Crippen molar-refractivity contribution in [2.45, 2.75) is 18.8 Å². The van der Waals surface area contributed by atoms with Gasteiger partial charge in [-0.05, 0) is 62.1 Å². The van der Waals surface area contributed by atoms with Gasteiger partial charge in [0.2, 0.25) is 5.91 Å². The highest BCUT2D eigenvalue weighted by Crippen LogP contribution is 2.33. The molecule has 2 saturated heterocycles. The van der Waals surface area contributed by atoms with Crippen LogP contribution in [0.4, 0.5) is 11.5 Å². The Morgan fingerprint density at radius 1 is 1.03 bits per heavy atom. The van der Waals surface area contributed by atoms with Crippen molar-refractivity contribution in [1.82, 2.24) is 14.9 Å². The maximum atomic E-state index is 12.6. The second kappa shape index (κ2) is 8.03. The second-order valence-corrected chi connectivity index (χ2v) is 8.55. The molecule has 1 aromatic carbocycles. The summed E-state index contributed by atoms with van der Waals surface area (Å²) in [6, 6.07) is 12.7. The third kappa shape index (κ3) is 3.87. The van der Waals surface area contributed by atoms with Gasteiger partial charge in [-0.1, -0.05) is 18.2 Å². The van der Waals surface area contributed by atoms with E-state index in [2.05, 4.69) is 62.5 Å². The van der Waals surface area contributed by atoms with E-state index in [1.807, 2.05) is 24.7 Å². The Morgan fingerprint density at radius 3 is 2.57 bits per heavy atom. The number of rotatable bonds is 4. The summed E-state index contributed by atoms with van der Waals surface area (Å²) >= 11 is 0. The number of nitrogens with zero attached hydrogens (tertiary/aromatic N) is 4. The van der Waals surface area contributed by atoms with Crippen LogP contribution in [0, 0.1) is 5.92 Å². The van der Waals surface area contributed by atoms with Gasteiger partial charge in [0, 0.05) is 54.6 Å². The number of amides is 1. The average molecular weight is 402 g/mol. The summed E-state index contributed by atoms with van der Waals surface area (Å²) < 4.78 is 0. The number of likely N-dealkylation sites (tertiary alicyclic amines) is 1. The maximum absolute atomic E-state index is 12.6. The number of carbonyl (C=O) groups is 1. The molecule has 0 unspecified atom stereocenters. The van der Waals surface area contributed by atoms with Crippen LogP contribution in [0.1, 0.15) is 24.3 Å². The average Bonchev–Trinajstić information content (AvgIpc) is 2.74. The highest BCUT2D eigenvalue weighted by molar-refractivity contribution is 5.94. The Bertz CT molecular complexity index is 1040. The Balaban J connectivity index is 1.27. The van der Waals surface area contributed by atoms with Gasteiger partial charge in [-0.2, -0.15) is 0 Å². The van der Waals surface area contributed by atoms with Gasteiger partial charge in [0.15, 0.2) is 0 Å². The van der Waals surface area contributed by atoms with E-state index in [1.54, 1.807) is 0 Å². The van der Waals surface area contributed by atoms with E-state index in [9.17, 15) is 4.79 Å². The van der Waals surface area contributed by atoms with Gasteiger partial charge in [0.05, 0.1) is 0 Å². The van der Waals surface area contributed by atoms with Crippen molar-refractivity contribution >= 4 is 28.2 Å². The topological polar surface area (TPSA) is 61.4 Å². The van der Waals surface area contributed by atoms with Gasteiger partial charge >= 0.3 is 0 Å². The molecule has 4 heterocycles. The molecule has 1 N–H and O–H groups in total. The number of hydrogen-bond acceptors (Lipinski definition) is 5. The van der Waals surface area contributed by atoms with Crippen LogP contribution in [-0.2, 0) is 4.79 Å². The van der Waals surface area contributed by atoms with Crippen LogP contribution >= 0.6 is 0 Å². The third-order valence-electron chi connectivity index (χ3n) is 6.47. The molecule has 1 amide bonds. The summed E-state index contributed by atoms with van der Waals surface area (Å²) in [5.74, 6) is 1.35. The zero-order valence-corrected chi connectivity index (χ0v) is 17.3. The lowest BCUT2D eigenvalue weighted by Crippen LogP contribution is -2.45. The summed E-state index contributed by atoms with van der Waals surface area (Å²) in [6.07, 6.45) is 7.36. The molecule has 0 radical (unpaired) electrons. The largest absolute Gasteiger partial charge is 0.370 e. The number of fused-ring (bicyclic) bond motifs is 1. The Hall–Kier alpha value is -2.99. The minimum atomic E-state index is 0.0826. The van der Waals surface area contributed by atoms with Crippen molar-refractivity contribution in [1.29, 1.82) is 0 Å². The fourth-order valence-corrected chi connectivity index (χ4v) is 4.44. The number of anilines is 2. The molecule has 0 saturated carbocycles. The van der Waals surface area contributed by atoms with Crippen molar-refractivity contribution in [2.75, 3.05) is 43.4 Å². The van der Waals surface area contributed by atoms with Crippen LogP contribution in [0.25, 0.3) is 10.8 Å². The van der Waals surface area contributed by atoms with Gasteiger partial charge in [-0.3, -0.25) is 9.78 Å². The number of aromatic nitrogens is 2. The summed E-state index contributed by atoms with van der Waals surface area (Å²) in [5, 5.41) is 5.27. The molecule has 2 fully saturated rings. The second-order valence-electron chi connectivity index (χ2n) is 8.55. The molecule has 0 spiro atoms. The number of carbonyl (C=O) groups excluding carboxylic acids is 1. The summed E-state index contributed by atoms with van der Waals surface area (Å²) in [6.45, 7) is 3.98. The van der Waals surface area contributed by atoms with Crippen molar-refractivity contribution in [2.24, 2.45) is 5.92 Å². The molecule has 6 heteroatoms. The van der Waals surface area contributed by atoms with Crippen LogP contribution in [-0.4, -0.2) is 54.0 Å². The van der Waals surface area contributed by atoms with Crippen molar-refractivity contribution in [3.05, 3.63) is 60.6 Å². The van der Waals surface area contributed by atoms with E-state index in [0.717, 1.165) is 49.8 Å². The highest BCUT2D eigenvalue weighted by atomic mass is 16.1. The molecule has 5 rings (SSSR count). The van der Waals surface area contributed by atoms with Crippen LogP contribution < -0.4 is 10.2 Å². The number of piperidine rings is 1. The first-order chi connectivity index (χ1) is 14.7. The number of pyridine rings is 2. The first-order valence-electron chi connectivity index (χ1n) is 10.7. The Kier molecular flexibility index (Phi) is 5.09. The predicted molar refractivity (Wildman–Crippen MR) is 120 cm³/mol. The fraction of sp³-hybridized carbons (Fsp3) is 0.375. The normalized spacial score (nSPS) is 18.4. The number of benzene rings is 1. The third-order valence-corrected chi connectivity index (χ3v) is 6.47. The molecular weight excluding hydrogens is 374 g/mol. The Morgan fingerprint density at radius 2 is 1.80 bits per heavy atom. The zero-order valence-electron chi connectivity index (χ0n) is 17.3. The van der Waals surface area contributed by atoms with Crippen LogP contribution in [0.2, 0.25) is 0 Å². The summed E-state index contributed by atoms with van der Waals surface area (Å²) in [5.41, 5.74) is 2.57. The van der Waals surface area contributed by atoms with E-state index >= 15 is 0 Å². The first kappa shape index (κ1) is 19.0. The van der Waals surface area contributed by atoms with Gasteiger partial charge in [0.25, 0.3) is 0 Å². The summed E-state index contributed by atoms with van der Waals surface area (Å²) in [4.78, 5) is 25.8. The van der Waals surface area contributed by atoms with Crippen molar-refractivity contribution < 1.29 is 4.79 Å². The molecule has 2 aliphatic rings. The van der Waals surface area contributed by atoms with Gasteiger partial charge in [-0.25, -0.2) is 4.98 Å². The molecule has 0 atom stereocenters. The van der Waals surface area contributed by atoms with E-state index in [-0.39, 0.29) is 11.8 Å². The molecule has 154 valence electrons. The van der Waals surface area contributed by atoms with Crippen molar-refractivity contribution in [3.8, 4) is 0 Å². The molecule has 6 nitrogen and oxygen atoms in total. The van der Waals surface area contributed by atoms with Crippen LogP contribution in [0.5, 0.6) is 0 Å². The molecule has 30 heavy (non-hydrogen) atoms. The molecule has 2 aromatic heterocycles. The standard InChI is InChI=1S/C24H27N5O/c1-28-10-6-17(7-11-28)24(30)27-23-13-20-12-18(2-3-19(20)14-26-23)21-15-29(16-21)22-4-8-25-9-5-22/h2-5,8-9,12-14,17,21H,6-7,10-11,15-16H2,1H3,(H,26,27,30). The lowest BCUT2D eigenvalue weighted by atomic mass is 9.90. The lowest BCUT2D eigenvalue weighted by Gasteiger charge is -2.41. The maximum Gasteiger partial charge on any atom is 0.228 e. The van der Waals surface area contributed by atoms with Crippen LogP contribution in [0.15, 0.2) is 55.0 Å². The first-order valence-corrected chi connectivity index (χ1v) is 10.7. The van der Waals surface area contributed by atoms with E-state index in [4.69, 9.17) is 0 Å². The van der Waals surface area contributed by atoms with Gasteiger partial charge in [0.1, 0.15) is 5.82 Å². The SMILES string of the molecule is CN1CCC(C(=O)Nc2cc3cc(C4CN(c5ccncc5)C4)ccc3cn2)CC1. The molecule has 3 aromatic rings. The minimum Gasteiger partial charge on any atom is -0.370 e. The van der Waals surface area contributed by atoms with Gasteiger partial charge < -0.3 is 15.1 Å². The Labute approximate surface area is 176 Å². The smallest absolute Gasteiger partial charge is 0.228 e. The molecule has 0 aliphatic carbocycles. The van der Waals surface area contributed by atoms with Crippen molar-refractivity contribution in [3.63, 3.8) is 0 Å². The summed E-state index contributed by atoms with van der Waals surface area (Å²) in [7, 11) is 2.11. The highest BCUT2D eigenvalue weighted by Gasteiger charge is 2.28.